The maximum atomic E-state index is 10.2. The molecule has 6 nitrogen and oxygen atoms in total. The van der Waals surface area contributed by atoms with Gasteiger partial charge in [0, 0.05) is 0 Å². The van der Waals surface area contributed by atoms with Gasteiger partial charge in [0.2, 0.25) is 0 Å². The van der Waals surface area contributed by atoms with Gasteiger partial charge in [0.05, 0.1) is 67.2 Å². The van der Waals surface area contributed by atoms with Crippen LogP contribution in [-0.4, -0.2) is 82.9 Å². The summed E-state index contributed by atoms with van der Waals surface area (Å²) in [6, 6.07) is 0. The zero-order chi connectivity index (χ0) is 13.9. The molecular formula is C12H26NO5+. The zero-order valence-electron chi connectivity index (χ0n) is 11.7. The van der Waals surface area contributed by atoms with Gasteiger partial charge in [0.25, 0.3) is 0 Å². The molecule has 0 aliphatic carbocycles. The largest absolute Gasteiger partial charge is 0.481 e. The highest BCUT2D eigenvalue weighted by Gasteiger charge is 2.05. The van der Waals surface area contributed by atoms with Gasteiger partial charge in [-0.05, 0) is 0 Å². The maximum Gasteiger partial charge on any atom is 0.305 e. The van der Waals surface area contributed by atoms with Crippen LogP contribution in [0.4, 0.5) is 0 Å². The Labute approximate surface area is 109 Å². The van der Waals surface area contributed by atoms with E-state index in [9.17, 15) is 4.79 Å². The number of quaternary nitrogens is 1. The first-order chi connectivity index (χ1) is 8.42. The molecule has 108 valence electrons. The van der Waals surface area contributed by atoms with Crippen molar-refractivity contribution in [2.75, 3.05) is 67.3 Å². The lowest BCUT2D eigenvalue weighted by Crippen LogP contribution is -2.37. The minimum Gasteiger partial charge on any atom is -0.481 e. The number of hydrogen-bond donors (Lipinski definition) is 1. The average molecular weight is 264 g/mol. The van der Waals surface area contributed by atoms with E-state index in [1.54, 1.807) is 0 Å². The van der Waals surface area contributed by atoms with E-state index in [0.717, 1.165) is 17.6 Å². The molecule has 0 unspecified atom stereocenters. The van der Waals surface area contributed by atoms with Crippen molar-refractivity contribution in [3.8, 4) is 0 Å². The smallest absolute Gasteiger partial charge is 0.305 e. The Morgan fingerprint density at radius 3 is 1.78 bits per heavy atom. The molecule has 0 aromatic rings. The summed E-state index contributed by atoms with van der Waals surface area (Å²) in [4.78, 5) is 10.2. The van der Waals surface area contributed by atoms with Crippen LogP contribution >= 0.6 is 0 Å². The third kappa shape index (κ3) is 15.3. The number of carbonyl (C=O) groups is 1. The van der Waals surface area contributed by atoms with Crippen molar-refractivity contribution >= 4 is 5.97 Å². The summed E-state index contributed by atoms with van der Waals surface area (Å²) in [5.41, 5.74) is 0. The van der Waals surface area contributed by atoms with Crippen LogP contribution in [0.5, 0.6) is 0 Å². The van der Waals surface area contributed by atoms with Crippen molar-refractivity contribution in [2.45, 2.75) is 6.42 Å². The molecular weight excluding hydrogens is 238 g/mol. The molecule has 0 fully saturated rings. The molecule has 0 aromatic heterocycles. The first-order valence-electron chi connectivity index (χ1n) is 6.17. The highest BCUT2D eigenvalue weighted by atomic mass is 16.5. The Morgan fingerprint density at radius 2 is 1.33 bits per heavy atom. The van der Waals surface area contributed by atoms with Crippen molar-refractivity contribution in [1.29, 1.82) is 0 Å². The second kappa shape index (κ2) is 10.3. The van der Waals surface area contributed by atoms with E-state index >= 15 is 0 Å². The number of ether oxygens (including phenoxy) is 3. The fraction of sp³-hybridized carbons (Fsp3) is 0.917. The minimum atomic E-state index is -0.846. The lowest BCUT2D eigenvalue weighted by Gasteiger charge is -2.23. The zero-order valence-corrected chi connectivity index (χ0v) is 11.7. The van der Waals surface area contributed by atoms with Crippen LogP contribution in [0.25, 0.3) is 0 Å². The third-order valence-corrected chi connectivity index (χ3v) is 2.11. The Kier molecular flexibility index (Phi) is 9.86. The molecule has 0 aliphatic rings. The number of rotatable bonds is 12. The lowest BCUT2D eigenvalue weighted by atomic mass is 10.5. The van der Waals surface area contributed by atoms with Gasteiger partial charge >= 0.3 is 5.97 Å². The summed E-state index contributed by atoms with van der Waals surface area (Å²) in [5, 5.41) is 8.36. The van der Waals surface area contributed by atoms with Gasteiger partial charge in [0.15, 0.2) is 0 Å². The van der Waals surface area contributed by atoms with Crippen molar-refractivity contribution in [3.05, 3.63) is 0 Å². The molecule has 0 saturated heterocycles. The van der Waals surface area contributed by atoms with E-state index in [1.807, 2.05) is 0 Å². The van der Waals surface area contributed by atoms with Gasteiger partial charge in [-0.3, -0.25) is 4.79 Å². The van der Waals surface area contributed by atoms with Gasteiger partial charge in [-0.1, -0.05) is 0 Å². The van der Waals surface area contributed by atoms with E-state index in [2.05, 4.69) is 21.1 Å². The molecule has 0 atom stereocenters. The highest BCUT2D eigenvalue weighted by Crippen LogP contribution is 1.89. The summed E-state index contributed by atoms with van der Waals surface area (Å²) in [6.45, 7) is 3.94. The summed E-state index contributed by atoms with van der Waals surface area (Å²) < 4.78 is 16.6. The number of likely N-dealkylation sites (N-methyl/N-ethyl adjacent to an activating group) is 1. The van der Waals surface area contributed by atoms with Gasteiger partial charge in [0.1, 0.15) is 6.54 Å². The molecule has 0 saturated carbocycles. The summed E-state index contributed by atoms with van der Waals surface area (Å²) in [5.74, 6) is -0.846. The van der Waals surface area contributed by atoms with Crippen molar-refractivity contribution < 1.29 is 28.6 Å². The van der Waals surface area contributed by atoms with Crippen molar-refractivity contribution in [3.63, 3.8) is 0 Å². The topological polar surface area (TPSA) is 65.0 Å². The molecule has 1 N–H and O–H groups in total. The third-order valence-electron chi connectivity index (χ3n) is 2.11. The first-order valence-corrected chi connectivity index (χ1v) is 6.17. The van der Waals surface area contributed by atoms with Gasteiger partial charge < -0.3 is 23.8 Å². The molecule has 0 heterocycles. The molecule has 6 heteroatoms. The normalized spacial score (nSPS) is 11.7. The fourth-order valence-corrected chi connectivity index (χ4v) is 1.04. The number of aliphatic carboxylic acids is 1. The number of hydrogen-bond acceptors (Lipinski definition) is 4. The van der Waals surface area contributed by atoms with Gasteiger partial charge in [-0.25, -0.2) is 0 Å². The van der Waals surface area contributed by atoms with E-state index in [1.165, 1.54) is 0 Å². The van der Waals surface area contributed by atoms with Crippen LogP contribution in [0.2, 0.25) is 0 Å². The Balaban J connectivity index is 3.06. The lowest BCUT2D eigenvalue weighted by molar-refractivity contribution is -0.870. The SMILES string of the molecule is C[N+](C)(C)CCOCCOCCOCCC(=O)O. The predicted octanol–water partition coefficient (Wildman–Crippen LogP) is 0.217. The second-order valence-corrected chi connectivity index (χ2v) is 4.99. The first kappa shape index (κ1) is 17.3. The number of carboxylic acids is 1. The monoisotopic (exact) mass is 264 g/mol. The molecule has 0 spiro atoms. The minimum absolute atomic E-state index is 0.0359. The molecule has 0 bridgehead atoms. The molecule has 0 aromatic carbocycles. The van der Waals surface area contributed by atoms with Crippen LogP contribution in [0, 0.1) is 0 Å². The van der Waals surface area contributed by atoms with Crippen LogP contribution < -0.4 is 0 Å². The molecule has 0 radical (unpaired) electrons. The Morgan fingerprint density at radius 1 is 0.889 bits per heavy atom. The van der Waals surface area contributed by atoms with E-state index in [-0.39, 0.29) is 13.0 Å². The summed E-state index contributed by atoms with van der Waals surface area (Å²) >= 11 is 0. The van der Waals surface area contributed by atoms with E-state index in [0.29, 0.717) is 26.4 Å². The fourth-order valence-electron chi connectivity index (χ4n) is 1.04. The van der Waals surface area contributed by atoms with Crippen molar-refractivity contribution in [1.82, 2.24) is 0 Å². The van der Waals surface area contributed by atoms with E-state index in [4.69, 9.17) is 19.3 Å². The van der Waals surface area contributed by atoms with E-state index < -0.39 is 5.97 Å². The Hall–Kier alpha value is -0.690. The molecule has 0 aliphatic heterocycles. The number of nitrogens with zero attached hydrogens (tertiary/aromatic N) is 1. The standard InChI is InChI=1S/C12H25NO5/c1-13(2,3)5-7-17-9-11-18-10-8-16-6-4-12(14)15/h4-11H2,1-3H3/p+1. The maximum absolute atomic E-state index is 10.2. The predicted molar refractivity (Wildman–Crippen MR) is 67.6 cm³/mol. The summed E-state index contributed by atoms with van der Waals surface area (Å²) in [7, 11) is 6.36. The number of carboxylic acid groups (broad SMARTS) is 1. The highest BCUT2D eigenvalue weighted by molar-refractivity contribution is 5.66. The van der Waals surface area contributed by atoms with Crippen LogP contribution in [-0.2, 0) is 19.0 Å². The molecule has 18 heavy (non-hydrogen) atoms. The van der Waals surface area contributed by atoms with Crippen molar-refractivity contribution in [2.24, 2.45) is 0 Å². The molecule has 0 amide bonds. The average Bonchev–Trinajstić information content (AvgIpc) is 2.24. The van der Waals surface area contributed by atoms with Crippen LogP contribution in [0.15, 0.2) is 0 Å². The molecule has 0 rings (SSSR count). The summed E-state index contributed by atoms with van der Waals surface area (Å²) in [6.07, 6.45) is 0.0359. The quantitative estimate of drug-likeness (QED) is 0.403. The van der Waals surface area contributed by atoms with Gasteiger partial charge in [-0.2, -0.15) is 0 Å². The second-order valence-electron chi connectivity index (χ2n) is 4.99. The Bertz CT molecular complexity index is 215. The van der Waals surface area contributed by atoms with Crippen LogP contribution in [0.1, 0.15) is 6.42 Å². The van der Waals surface area contributed by atoms with Gasteiger partial charge in [-0.15, -0.1) is 0 Å². The van der Waals surface area contributed by atoms with Crippen LogP contribution in [0.3, 0.4) is 0 Å².